The van der Waals surface area contributed by atoms with E-state index in [0.717, 1.165) is 12.8 Å². The van der Waals surface area contributed by atoms with E-state index in [1.807, 2.05) is 12.1 Å². The number of nitriles is 2. The summed E-state index contributed by atoms with van der Waals surface area (Å²) in [6, 6.07) is 8.83. The van der Waals surface area contributed by atoms with Gasteiger partial charge in [-0.15, -0.1) is 0 Å². The first kappa shape index (κ1) is 16.0. The predicted molar refractivity (Wildman–Crippen MR) is 76.1 cm³/mol. The lowest BCUT2D eigenvalue weighted by Crippen LogP contribution is -2.25. The van der Waals surface area contributed by atoms with Crippen molar-refractivity contribution in [1.82, 2.24) is 0 Å². The predicted octanol–water partition coefficient (Wildman–Crippen LogP) is 2.02. The molecular weight excluding hydrogens is 254 g/mol. The maximum atomic E-state index is 9.73. The van der Waals surface area contributed by atoms with Crippen LogP contribution in [0, 0.1) is 22.7 Å². The monoisotopic (exact) mass is 273 g/mol. The molecule has 0 bridgehead atoms. The fraction of sp³-hybridized carbons (Fsp3) is 0.467. The Morgan fingerprint density at radius 2 is 2.05 bits per heavy atom. The second-order valence-electron chi connectivity index (χ2n) is 4.45. The van der Waals surface area contributed by atoms with Crippen LogP contribution in [0.5, 0.6) is 0 Å². The molecule has 20 heavy (non-hydrogen) atoms. The molecule has 1 aromatic rings. The average Bonchev–Trinajstić information content (AvgIpc) is 2.49. The van der Waals surface area contributed by atoms with Gasteiger partial charge in [0.2, 0.25) is 0 Å². The molecule has 0 aromatic heterocycles. The van der Waals surface area contributed by atoms with Crippen LogP contribution in [0.1, 0.15) is 30.9 Å². The number of anilines is 1. The molecule has 0 aliphatic rings. The third-order valence-electron chi connectivity index (χ3n) is 2.75. The summed E-state index contributed by atoms with van der Waals surface area (Å²) in [6.45, 7) is 3.36. The van der Waals surface area contributed by atoms with Crippen molar-refractivity contribution < 1.29 is 9.84 Å². The van der Waals surface area contributed by atoms with Crippen molar-refractivity contribution in [2.24, 2.45) is 0 Å². The maximum Gasteiger partial charge on any atom is 0.101 e. The Bertz CT molecular complexity index is 503. The van der Waals surface area contributed by atoms with Crippen LogP contribution in [0.25, 0.3) is 0 Å². The summed E-state index contributed by atoms with van der Waals surface area (Å²) in [5.41, 5.74) is 1.38. The number of hydrogen-bond acceptors (Lipinski definition) is 5. The molecule has 1 aromatic carbocycles. The SMILES string of the molecule is CCCCOCC(O)CNc1ccc(C#N)c(C#N)c1. The zero-order valence-electron chi connectivity index (χ0n) is 11.6. The van der Waals surface area contributed by atoms with Gasteiger partial charge in [0.25, 0.3) is 0 Å². The first-order chi connectivity index (χ1) is 9.71. The van der Waals surface area contributed by atoms with Crippen LogP contribution in [-0.4, -0.2) is 31.0 Å². The summed E-state index contributed by atoms with van der Waals surface area (Å²) in [5, 5.41) is 30.5. The Balaban J connectivity index is 2.42. The van der Waals surface area contributed by atoms with Crippen LogP contribution in [0.4, 0.5) is 5.69 Å². The summed E-state index contributed by atoms with van der Waals surface area (Å²) < 4.78 is 5.32. The summed E-state index contributed by atoms with van der Waals surface area (Å²) >= 11 is 0. The fourth-order valence-corrected chi connectivity index (χ4v) is 1.60. The van der Waals surface area contributed by atoms with Crippen LogP contribution in [-0.2, 0) is 4.74 Å². The van der Waals surface area contributed by atoms with Crippen LogP contribution in [0.2, 0.25) is 0 Å². The van der Waals surface area contributed by atoms with Crippen molar-refractivity contribution in [2.45, 2.75) is 25.9 Å². The molecule has 5 nitrogen and oxygen atoms in total. The molecule has 0 saturated heterocycles. The minimum Gasteiger partial charge on any atom is -0.389 e. The van der Waals surface area contributed by atoms with Crippen LogP contribution >= 0.6 is 0 Å². The molecule has 0 aliphatic carbocycles. The van der Waals surface area contributed by atoms with Crippen molar-refractivity contribution in [3.05, 3.63) is 29.3 Å². The van der Waals surface area contributed by atoms with Gasteiger partial charge in [-0.2, -0.15) is 10.5 Å². The normalized spacial score (nSPS) is 11.4. The molecule has 0 heterocycles. The van der Waals surface area contributed by atoms with Crippen LogP contribution < -0.4 is 5.32 Å². The zero-order valence-corrected chi connectivity index (χ0v) is 11.6. The number of unbranched alkanes of at least 4 members (excludes halogenated alkanes) is 1. The molecular formula is C15H19N3O2. The van der Waals surface area contributed by atoms with E-state index in [1.54, 1.807) is 18.2 Å². The minimum atomic E-state index is -0.604. The fourth-order valence-electron chi connectivity index (χ4n) is 1.60. The summed E-state index contributed by atoms with van der Waals surface area (Å²) in [6.07, 6.45) is 1.45. The van der Waals surface area contributed by atoms with Crippen LogP contribution in [0.15, 0.2) is 18.2 Å². The number of aliphatic hydroxyl groups is 1. The van der Waals surface area contributed by atoms with Gasteiger partial charge in [0, 0.05) is 18.8 Å². The molecule has 1 unspecified atom stereocenters. The average molecular weight is 273 g/mol. The summed E-state index contributed by atoms with van der Waals surface area (Å²) in [4.78, 5) is 0. The van der Waals surface area contributed by atoms with Gasteiger partial charge in [0.15, 0.2) is 0 Å². The van der Waals surface area contributed by atoms with Crippen molar-refractivity contribution in [3.63, 3.8) is 0 Å². The second-order valence-corrected chi connectivity index (χ2v) is 4.45. The van der Waals surface area contributed by atoms with Crippen molar-refractivity contribution in [3.8, 4) is 12.1 Å². The van der Waals surface area contributed by atoms with E-state index in [-0.39, 0.29) is 6.61 Å². The third-order valence-corrected chi connectivity index (χ3v) is 2.75. The highest BCUT2D eigenvalue weighted by atomic mass is 16.5. The lowest BCUT2D eigenvalue weighted by molar-refractivity contribution is 0.0422. The van der Waals surface area contributed by atoms with E-state index < -0.39 is 6.10 Å². The Hall–Kier alpha value is -2.08. The third kappa shape index (κ3) is 5.27. The van der Waals surface area contributed by atoms with E-state index in [2.05, 4.69) is 12.2 Å². The molecule has 0 amide bonds. The zero-order chi connectivity index (χ0) is 14.8. The summed E-state index contributed by atoms with van der Waals surface area (Å²) in [5.74, 6) is 0. The first-order valence-electron chi connectivity index (χ1n) is 6.65. The van der Waals surface area contributed by atoms with E-state index in [0.29, 0.717) is 30.0 Å². The van der Waals surface area contributed by atoms with Crippen molar-refractivity contribution in [1.29, 1.82) is 10.5 Å². The van der Waals surface area contributed by atoms with E-state index in [1.165, 1.54) is 0 Å². The number of nitrogens with one attached hydrogen (secondary N) is 1. The van der Waals surface area contributed by atoms with Crippen molar-refractivity contribution in [2.75, 3.05) is 25.1 Å². The van der Waals surface area contributed by atoms with Gasteiger partial charge >= 0.3 is 0 Å². The van der Waals surface area contributed by atoms with Crippen molar-refractivity contribution >= 4 is 5.69 Å². The van der Waals surface area contributed by atoms with E-state index in [9.17, 15) is 5.11 Å². The largest absolute Gasteiger partial charge is 0.389 e. The van der Waals surface area contributed by atoms with Gasteiger partial charge in [-0.3, -0.25) is 0 Å². The quantitative estimate of drug-likeness (QED) is 0.707. The Kier molecular flexibility index (Phi) is 7.13. The molecule has 1 rings (SSSR count). The number of benzene rings is 1. The molecule has 0 spiro atoms. The Morgan fingerprint density at radius 1 is 1.30 bits per heavy atom. The topological polar surface area (TPSA) is 89.1 Å². The molecule has 5 heteroatoms. The van der Waals surface area contributed by atoms with Gasteiger partial charge in [-0.05, 0) is 24.6 Å². The van der Waals surface area contributed by atoms with Gasteiger partial charge in [0.05, 0.1) is 23.8 Å². The number of nitrogens with zero attached hydrogens (tertiary/aromatic N) is 2. The Labute approximate surface area is 119 Å². The van der Waals surface area contributed by atoms with Gasteiger partial charge in [-0.1, -0.05) is 13.3 Å². The smallest absolute Gasteiger partial charge is 0.101 e. The standard InChI is InChI=1S/C15H19N3O2/c1-2-3-6-20-11-15(19)10-18-14-5-4-12(8-16)13(7-14)9-17/h4-5,7,15,18-19H,2-3,6,10-11H2,1H3. The molecule has 0 fully saturated rings. The highest BCUT2D eigenvalue weighted by Gasteiger charge is 2.06. The minimum absolute atomic E-state index is 0.286. The molecule has 0 radical (unpaired) electrons. The highest BCUT2D eigenvalue weighted by molar-refractivity contribution is 5.56. The molecule has 0 saturated carbocycles. The highest BCUT2D eigenvalue weighted by Crippen LogP contribution is 2.14. The summed E-state index contributed by atoms with van der Waals surface area (Å²) in [7, 11) is 0. The van der Waals surface area contributed by atoms with Gasteiger partial charge < -0.3 is 15.2 Å². The second kappa shape index (κ2) is 8.92. The molecule has 0 aliphatic heterocycles. The Morgan fingerprint density at radius 3 is 2.70 bits per heavy atom. The number of ether oxygens (including phenoxy) is 1. The number of aliphatic hydroxyl groups excluding tert-OH is 1. The first-order valence-corrected chi connectivity index (χ1v) is 6.65. The van der Waals surface area contributed by atoms with Crippen LogP contribution in [0.3, 0.4) is 0 Å². The number of hydrogen-bond donors (Lipinski definition) is 2. The lowest BCUT2D eigenvalue weighted by atomic mass is 10.1. The molecule has 2 N–H and O–H groups in total. The van der Waals surface area contributed by atoms with E-state index >= 15 is 0 Å². The molecule has 106 valence electrons. The van der Waals surface area contributed by atoms with E-state index in [4.69, 9.17) is 15.3 Å². The van der Waals surface area contributed by atoms with Gasteiger partial charge in [0.1, 0.15) is 12.1 Å². The number of rotatable bonds is 8. The maximum absolute atomic E-state index is 9.73. The molecule has 1 atom stereocenters. The van der Waals surface area contributed by atoms with Gasteiger partial charge in [-0.25, -0.2) is 0 Å². The lowest BCUT2D eigenvalue weighted by Gasteiger charge is -2.13.